The molecule has 0 fully saturated rings. The molecule has 1 atom stereocenters. The smallest absolute Gasteiger partial charge is 0.261 e. The number of fused-ring (bicyclic) bond motifs is 1. The average molecular weight is 294 g/mol. The Morgan fingerprint density at radius 3 is 2.90 bits per heavy atom. The number of carbonyl (C=O) groups excluding carboxylic acids is 2. The van der Waals surface area contributed by atoms with Crippen LogP contribution in [-0.2, 0) is 17.6 Å². The molecule has 1 heterocycles. The van der Waals surface area contributed by atoms with Crippen molar-refractivity contribution in [1.82, 2.24) is 10.6 Å². The monoisotopic (exact) mass is 294 g/mol. The molecule has 2 amide bonds. The van der Waals surface area contributed by atoms with Gasteiger partial charge in [0.25, 0.3) is 5.91 Å². The van der Waals surface area contributed by atoms with Crippen LogP contribution in [0.5, 0.6) is 0 Å². The van der Waals surface area contributed by atoms with Crippen LogP contribution < -0.4 is 10.6 Å². The molecule has 0 aliphatic heterocycles. The molecule has 2 rings (SSSR count). The third-order valence-corrected chi connectivity index (χ3v) is 4.65. The predicted molar refractivity (Wildman–Crippen MR) is 81.1 cm³/mol. The molecule has 110 valence electrons. The lowest BCUT2D eigenvalue weighted by Gasteiger charge is -2.16. The maximum atomic E-state index is 12.1. The molecule has 1 aromatic heterocycles. The molecular weight excluding hydrogens is 272 g/mol. The van der Waals surface area contributed by atoms with Gasteiger partial charge in [0.2, 0.25) is 5.91 Å². The van der Waals surface area contributed by atoms with Crippen molar-refractivity contribution in [2.24, 2.45) is 5.92 Å². The first kappa shape index (κ1) is 15.0. The first-order chi connectivity index (χ1) is 9.45. The normalized spacial score (nSPS) is 17.7. The molecule has 0 spiro atoms. The largest absolute Gasteiger partial charge is 0.352 e. The van der Waals surface area contributed by atoms with Gasteiger partial charge in [0.15, 0.2) is 0 Å². The highest BCUT2D eigenvalue weighted by molar-refractivity contribution is 7.14. The fraction of sp³-hybridized carbons (Fsp3) is 0.600. The third-order valence-electron chi connectivity index (χ3n) is 3.41. The zero-order chi connectivity index (χ0) is 14.7. The van der Waals surface area contributed by atoms with Crippen LogP contribution in [0.4, 0.5) is 0 Å². The SMILES string of the molecule is CC(C)NC(=O)CNC(=O)c1cc2c(s1)CC[C@H](C)C2. The summed E-state index contributed by atoms with van der Waals surface area (Å²) in [4.78, 5) is 25.6. The molecule has 1 aliphatic rings. The summed E-state index contributed by atoms with van der Waals surface area (Å²) in [5.41, 5.74) is 1.31. The maximum absolute atomic E-state index is 12.1. The third kappa shape index (κ3) is 3.82. The van der Waals surface area contributed by atoms with Gasteiger partial charge < -0.3 is 10.6 Å². The minimum Gasteiger partial charge on any atom is -0.352 e. The highest BCUT2D eigenvalue weighted by atomic mass is 32.1. The Morgan fingerprint density at radius 2 is 2.20 bits per heavy atom. The van der Waals surface area contributed by atoms with Gasteiger partial charge in [0, 0.05) is 10.9 Å². The molecule has 4 nitrogen and oxygen atoms in total. The number of thiophene rings is 1. The van der Waals surface area contributed by atoms with E-state index in [4.69, 9.17) is 0 Å². The molecule has 2 N–H and O–H groups in total. The van der Waals surface area contributed by atoms with E-state index < -0.39 is 0 Å². The van der Waals surface area contributed by atoms with Crippen molar-refractivity contribution < 1.29 is 9.59 Å². The summed E-state index contributed by atoms with van der Waals surface area (Å²) in [6, 6.07) is 2.08. The number of hydrogen-bond acceptors (Lipinski definition) is 3. The number of nitrogens with one attached hydrogen (secondary N) is 2. The number of rotatable bonds is 4. The molecule has 0 radical (unpaired) electrons. The van der Waals surface area contributed by atoms with Gasteiger partial charge in [-0.15, -0.1) is 11.3 Å². The Morgan fingerprint density at radius 1 is 1.45 bits per heavy atom. The van der Waals surface area contributed by atoms with E-state index in [9.17, 15) is 9.59 Å². The topological polar surface area (TPSA) is 58.2 Å². The predicted octanol–water partition coefficient (Wildman–Crippen LogP) is 2.13. The quantitative estimate of drug-likeness (QED) is 0.893. The summed E-state index contributed by atoms with van der Waals surface area (Å²) in [6.07, 6.45) is 3.33. The van der Waals surface area contributed by atoms with Crippen LogP contribution in [0.2, 0.25) is 0 Å². The Balaban J connectivity index is 1.92. The molecule has 0 saturated carbocycles. The summed E-state index contributed by atoms with van der Waals surface area (Å²) in [7, 11) is 0. The Labute approximate surface area is 124 Å². The summed E-state index contributed by atoms with van der Waals surface area (Å²) < 4.78 is 0. The van der Waals surface area contributed by atoms with Gasteiger partial charge in [-0.05, 0) is 50.7 Å². The van der Waals surface area contributed by atoms with Gasteiger partial charge >= 0.3 is 0 Å². The van der Waals surface area contributed by atoms with E-state index in [1.165, 1.54) is 16.9 Å². The second-order valence-corrected chi connectivity index (χ2v) is 6.95. The van der Waals surface area contributed by atoms with Crippen LogP contribution in [-0.4, -0.2) is 24.4 Å². The van der Waals surface area contributed by atoms with Crippen LogP contribution in [0, 0.1) is 5.92 Å². The number of aryl methyl sites for hydroxylation is 1. The van der Waals surface area contributed by atoms with Crippen molar-refractivity contribution in [3.63, 3.8) is 0 Å². The van der Waals surface area contributed by atoms with Crippen molar-refractivity contribution in [3.05, 3.63) is 21.4 Å². The van der Waals surface area contributed by atoms with Crippen molar-refractivity contribution in [2.75, 3.05) is 6.54 Å². The standard InChI is InChI=1S/C15H22N2O2S/c1-9(2)17-14(18)8-16-15(19)13-7-11-6-10(3)4-5-12(11)20-13/h7,9-10H,4-6,8H2,1-3H3,(H,16,19)(H,17,18)/t10-/m0/s1. The number of hydrogen-bond donors (Lipinski definition) is 2. The summed E-state index contributed by atoms with van der Waals surface area (Å²) in [5, 5.41) is 5.44. The molecular formula is C15H22N2O2S. The number of carbonyl (C=O) groups is 2. The van der Waals surface area contributed by atoms with Crippen LogP contribution in [0.3, 0.4) is 0 Å². The zero-order valence-corrected chi connectivity index (χ0v) is 13.1. The Bertz CT molecular complexity index is 508. The summed E-state index contributed by atoms with van der Waals surface area (Å²) in [6.45, 7) is 6.08. The van der Waals surface area contributed by atoms with Gasteiger partial charge in [0.05, 0.1) is 11.4 Å². The van der Waals surface area contributed by atoms with Gasteiger partial charge in [-0.2, -0.15) is 0 Å². The average Bonchev–Trinajstić information content (AvgIpc) is 2.78. The van der Waals surface area contributed by atoms with Crippen LogP contribution in [0.1, 0.15) is 47.3 Å². The van der Waals surface area contributed by atoms with Crippen molar-refractivity contribution in [1.29, 1.82) is 0 Å². The highest BCUT2D eigenvalue weighted by Crippen LogP contribution is 2.32. The first-order valence-corrected chi connectivity index (χ1v) is 7.96. The van der Waals surface area contributed by atoms with Crippen molar-refractivity contribution in [3.8, 4) is 0 Å². The van der Waals surface area contributed by atoms with Gasteiger partial charge in [-0.3, -0.25) is 9.59 Å². The fourth-order valence-corrected chi connectivity index (χ4v) is 3.56. The highest BCUT2D eigenvalue weighted by Gasteiger charge is 2.20. The minimum atomic E-state index is -0.150. The number of amides is 2. The van der Waals surface area contributed by atoms with Crippen LogP contribution in [0.15, 0.2) is 6.07 Å². The van der Waals surface area contributed by atoms with E-state index in [1.807, 2.05) is 19.9 Å². The van der Waals surface area contributed by atoms with Crippen LogP contribution in [0.25, 0.3) is 0 Å². The summed E-state index contributed by atoms with van der Waals surface area (Å²) >= 11 is 1.57. The lowest BCUT2D eigenvalue weighted by molar-refractivity contribution is -0.120. The molecule has 1 aromatic rings. The molecule has 5 heteroatoms. The molecule has 0 aromatic carbocycles. The van der Waals surface area contributed by atoms with E-state index in [0.29, 0.717) is 5.92 Å². The summed E-state index contributed by atoms with van der Waals surface area (Å²) in [5.74, 6) is 0.407. The van der Waals surface area contributed by atoms with E-state index >= 15 is 0 Å². The minimum absolute atomic E-state index is 0.0377. The second-order valence-electron chi connectivity index (χ2n) is 5.81. The molecule has 20 heavy (non-hydrogen) atoms. The molecule has 0 saturated heterocycles. The zero-order valence-electron chi connectivity index (χ0n) is 12.3. The van der Waals surface area contributed by atoms with E-state index in [-0.39, 0.29) is 24.4 Å². The lowest BCUT2D eigenvalue weighted by atomic mass is 9.90. The lowest BCUT2D eigenvalue weighted by Crippen LogP contribution is -2.39. The molecule has 0 unspecified atom stereocenters. The van der Waals surface area contributed by atoms with Gasteiger partial charge in [0.1, 0.15) is 0 Å². The Kier molecular flexibility index (Phi) is 4.81. The van der Waals surface area contributed by atoms with Crippen molar-refractivity contribution in [2.45, 2.75) is 46.1 Å². The molecule has 0 bridgehead atoms. The first-order valence-electron chi connectivity index (χ1n) is 7.15. The van der Waals surface area contributed by atoms with Crippen molar-refractivity contribution >= 4 is 23.2 Å². The van der Waals surface area contributed by atoms with Gasteiger partial charge in [-0.1, -0.05) is 6.92 Å². The maximum Gasteiger partial charge on any atom is 0.261 e. The second kappa shape index (κ2) is 6.39. The van der Waals surface area contributed by atoms with E-state index in [2.05, 4.69) is 17.6 Å². The van der Waals surface area contributed by atoms with Gasteiger partial charge in [-0.25, -0.2) is 0 Å². The fourth-order valence-electron chi connectivity index (χ4n) is 2.44. The molecule has 1 aliphatic carbocycles. The van der Waals surface area contributed by atoms with E-state index in [1.54, 1.807) is 11.3 Å². The van der Waals surface area contributed by atoms with E-state index in [0.717, 1.165) is 17.7 Å². The van der Waals surface area contributed by atoms with Crippen LogP contribution >= 0.6 is 11.3 Å². The Hall–Kier alpha value is -1.36.